The lowest BCUT2D eigenvalue weighted by Gasteiger charge is -2.33. The molecule has 2 aliphatic rings. The third-order valence-corrected chi connectivity index (χ3v) is 5.55. The third kappa shape index (κ3) is 4.08. The van der Waals surface area contributed by atoms with Gasteiger partial charge in [-0.1, -0.05) is 18.2 Å². The number of hydrogen-bond donors (Lipinski definition) is 0. The molecule has 2 unspecified atom stereocenters. The maximum atomic E-state index is 13.1. The minimum atomic E-state index is -4.38. The molecule has 0 radical (unpaired) electrons. The van der Waals surface area contributed by atoms with Crippen LogP contribution in [0, 0.1) is 24.2 Å². The Labute approximate surface area is 172 Å². The Morgan fingerprint density at radius 3 is 2.73 bits per heavy atom. The van der Waals surface area contributed by atoms with Crippen LogP contribution in [0.5, 0.6) is 0 Å². The summed E-state index contributed by atoms with van der Waals surface area (Å²) in [5.41, 5.74) is 1.06. The van der Waals surface area contributed by atoms with E-state index in [0.29, 0.717) is 31.3 Å². The maximum absolute atomic E-state index is 13.1. The van der Waals surface area contributed by atoms with Gasteiger partial charge in [0.25, 0.3) is 5.91 Å². The van der Waals surface area contributed by atoms with E-state index >= 15 is 0 Å². The number of nitriles is 1. The number of aryl methyl sites for hydroxylation is 1. The van der Waals surface area contributed by atoms with Crippen LogP contribution in [0.15, 0.2) is 30.3 Å². The van der Waals surface area contributed by atoms with Gasteiger partial charge in [0.1, 0.15) is 11.8 Å². The standard InChI is InChI=1S/C21H20F3N5O/c1-13-6-16(9-25)27-20(26-13)29-11-14-7-17(29)12-28(10-14)19(30)18-5-3-2-4-15(18)8-21(22,23)24/h2-6,14,17H,7-8,10-12H2,1H3. The summed E-state index contributed by atoms with van der Waals surface area (Å²) < 4.78 is 38.8. The average molecular weight is 415 g/mol. The molecule has 0 aliphatic carbocycles. The highest BCUT2D eigenvalue weighted by Gasteiger charge is 2.42. The molecule has 2 bridgehead atoms. The Morgan fingerprint density at radius 2 is 2.00 bits per heavy atom. The van der Waals surface area contributed by atoms with Crippen molar-refractivity contribution in [1.29, 1.82) is 5.26 Å². The van der Waals surface area contributed by atoms with E-state index in [1.807, 2.05) is 11.0 Å². The van der Waals surface area contributed by atoms with Crippen LogP contribution in [0.1, 0.15) is 33.7 Å². The number of hydrogen-bond acceptors (Lipinski definition) is 5. The summed E-state index contributed by atoms with van der Waals surface area (Å²) in [5, 5.41) is 9.17. The van der Waals surface area contributed by atoms with E-state index in [2.05, 4.69) is 9.97 Å². The van der Waals surface area contributed by atoms with Gasteiger partial charge in [0.15, 0.2) is 0 Å². The molecule has 1 aromatic carbocycles. The fourth-order valence-electron chi connectivity index (χ4n) is 4.38. The summed E-state index contributed by atoms with van der Waals surface area (Å²) >= 11 is 0. The van der Waals surface area contributed by atoms with Crippen LogP contribution in [0.3, 0.4) is 0 Å². The van der Waals surface area contributed by atoms with E-state index in [9.17, 15) is 23.2 Å². The van der Waals surface area contributed by atoms with Crippen molar-refractivity contribution in [3.05, 3.63) is 52.8 Å². The van der Waals surface area contributed by atoms with Crippen LogP contribution >= 0.6 is 0 Å². The molecule has 2 saturated heterocycles. The summed E-state index contributed by atoms with van der Waals surface area (Å²) in [6.45, 7) is 3.30. The highest BCUT2D eigenvalue weighted by molar-refractivity contribution is 5.96. The second-order valence-corrected chi connectivity index (χ2v) is 7.87. The van der Waals surface area contributed by atoms with Crippen LogP contribution < -0.4 is 4.90 Å². The molecule has 4 rings (SSSR count). The zero-order chi connectivity index (χ0) is 21.5. The van der Waals surface area contributed by atoms with E-state index in [-0.39, 0.29) is 34.7 Å². The molecule has 0 N–H and O–H groups in total. The Kier molecular flexibility index (Phi) is 5.10. The monoisotopic (exact) mass is 415 g/mol. The van der Waals surface area contributed by atoms with Gasteiger partial charge < -0.3 is 9.80 Å². The molecule has 2 aliphatic heterocycles. The molecule has 3 heterocycles. The minimum Gasteiger partial charge on any atom is -0.336 e. The van der Waals surface area contributed by atoms with Crippen molar-refractivity contribution >= 4 is 11.9 Å². The molecule has 1 amide bonds. The van der Waals surface area contributed by atoms with Crippen molar-refractivity contribution < 1.29 is 18.0 Å². The molecular weight excluding hydrogens is 395 g/mol. The number of likely N-dealkylation sites (tertiary alicyclic amines) is 1. The molecular formula is C21H20F3N5O. The second kappa shape index (κ2) is 7.59. The Morgan fingerprint density at radius 1 is 1.23 bits per heavy atom. The van der Waals surface area contributed by atoms with Gasteiger partial charge >= 0.3 is 6.18 Å². The topological polar surface area (TPSA) is 73.1 Å². The number of amides is 1. The highest BCUT2D eigenvalue weighted by atomic mass is 19.4. The van der Waals surface area contributed by atoms with Crippen LogP contribution in [-0.4, -0.2) is 52.6 Å². The van der Waals surface area contributed by atoms with Crippen molar-refractivity contribution in [1.82, 2.24) is 14.9 Å². The number of carbonyl (C=O) groups excluding carboxylic acids is 1. The average Bonchev–Trinajstić information content (AvgIpc) is 2.99. The molecule has 0 saturated carbocycles. The number of nitrogens with zero attached hydrogens (tertiary/aromatic N) is 5. The van der Waals surface area contributed by atoms with Crippen molar-refractivity contribution in [3.8, 4) is 6.07 Å². The number of benzene rings is 1. The van der Waals surface area contributed by atoms with E-state index in [1.54, 1.807) is 24.0 Å². The maximum Gasteiger partial charge on any atom is 0.393 e. The predicted molar refractivity (Wildman–Crippen MR) is 103 cm³/mol. The minimum absolute atomic E-state index is 0.00884. The van der Waals surface area contributed by atoms with Crippen molar-refractivity contribution in [2.24, 2.45) is 5.92 Å². The van der Waals surface area contributed by atoms with Gasteiger partial charge in [0, 0.05) is 36.9 Å². The number of alkyl halides is 3. The summed E-state index contributed by atoms with van der Waals surface area (Å²) in [5.74, 6) is 0.261. The van der Waals surface area contributed by atoms with Crippen LogP contribution in [0.25, 0.3) is 0 Å². The van der Waals surface area contributed by atoms with Crippen LogP contribution in [0.4, 0.5) is 19.1 Å². The quantitative estimate of drug-likeness (QED) is 0.770. The number of piperidine rings is 1. The lowest BCUT2D eigenvalue weighted by Crippen LogP contribution is -2.46. The summed E-state index contributed by atoms with van der Waals surface area (Å²) in [4.78, 5) is 25.5. The van der Waals surface area contributed by atoms with E-state index in [4.69, 9.17) is 0 Å². The fourth-order valence-corrected chi connectivity index (χ4v) is 4.38. The Hall–Kier alpha value is -3.15. The number of halogens is 3. The number of fused-ring (bicyclic) bond motifs is 2. The first-order valence-corrected chi connectivity index (χ1v) is 9.70. The molecule has 1 aromatic heterocycles. The molecule has 30 heavy (non-hydrogen) atoms. The fraction of sp³-hybridized carbons (Fsp3) is 0.429. The van der Waals surface area contributed by atoms with Gasteiger partial charge in [-0.15, -0.1) is 0 Å². The molecule has 2 aromatic rings. The number of aromatic nitrogens is 2. The first-order valence-electron chi connectivity index (χ1n) is 9.70. The number of rotatable bonds is 3. The lowest BCUT2D eigenvalue weighted by molar-refractivity contribution is -0.127. The van der Waals surface area contributed by atoms with Crippen LogP contribution in [0.2, 0.25) is 0 Å². The molecule has 2 atom stereocenters. The number of anilines is 1. The summed E-state index contributed by atoms with van der Waals surface area (Å²) in [6, 6.07) is 9.53. The first kappa shape index (κ1) is 20.1. The van der Waals surface area contributed by atoms with Crippen molar-refractivity contribution in [2.75, 3.05) is 24.5 Å². The SMILES string of the molecule is Cc1cc(C#N)nc(N2CC3CC2CN(C(=O)c2ccccc2CC(F)(F)F)C3)n1. The van der Waals surface area contributed by atoms with Gasteiger partial charge in [-0.25, -0.2) is 9.97 Å². The van der Waals surface area contributed by atoms with Gasteiger partial charge in [0.2, 0.25) is 5.95 Å². The van der Waals surface area contributed by atoms with E-state index < -0.39 is 12.6 Å². The summed E-state index contributed by atoms with van der Waals surface area (Å²) in [6.07, 6.45) is -4.65. The molecule has 156 valence electrons. The van der Waals surface area contributed by atoms with E-state index in [0.717, 1.165) is 6.42 Å². The normalized spacial score (nSPS) is 20.9. The second-order valence-electron chi connectivity index (χ2n) is 7.87. The lowest BCUT2D eigenvalue weighted by atomic mass is 9.97. The first-order chi connectivity index (χ1) is 14.2. The van der Waals surface area contributed by atoms with Crippen molar-refractivity contribution in [3.63, 3.8) is 0 Å². The summed E-state index contributed by atoms with van der Waals surface area (Å²) in [7, 11) is 0. The Bertz CT molecular complexity index is 1020. The largest absolute Gasteiger partial charge is 0.393 e. The highest BCUT2D eigenvalue weighted by Crippen LogP contribution is 2.33. The number of carbonyl (C=O) groups is 1. The van der Waals surface area contributed by atoms with Gasteiger partial charge in [-0.2, -0.15) is 18.4 Å². The van der Waals surface area contributed by atoms with E-state index in [1.165, 1.54) is 18.2 Å². The predicted octanol–water partition coefficient (Wildman–Crippen LogP) is 3.11. The smallest absolute Gasteiger partial charge is 0.336 e. The third-order valence-electron chi connectivity index (χ3n) is 5.55. The molecule has 9 heteroatoms. The van der Waals surface area contributed by atoms with Crippen molar-refractivity contribution in [2.45, 2.75) is 32.0 Å². The zero-order valence-electron chi connectivity index (χ0n) is 16.4. The Balaban J connectivity index is 1.56. The molecule has 2 fully saturated rings. The molecule has 0 spiro atoms. The van der Waals surface area contributed by atoms with Crippen LogP contribution in [-0.2, 0) is 6.42 Å². The van der Waals surface area contributed by atoms with Gasteiger partial charge in [0.05, 0.1) is 6.42 Å². The molecule has 6 nitrogen and oxygen atoms in total. The zero-order valence-corrected chi connectivity index (χ0v) is 16.4. The van der Waals surface area contributed by atoms with Gasteiger partial charge in [-0.3, -0.25) is 4.79 Å². The van der Waals surface area contributed by atoms with Gasteiger partial charge in [-0.05, 0) is 37.0 Å².